The van der Waals surface area contributed by atoms with Crippen LogP contribution in [0.2, 0.25) is 5.02 Å². The third-order valence-corrected chi connectivity index (χ3v) is 4.90. The maximum Gasteiger partial charge on any atom is 0.0867 e. The second kappa shape index (κ2) is 5.36. The minimum Gasteiger partial charge on any atom is -0.318 e. The molecular weight excluding hydrogens is 292 g/mol. The van der Waals surface area contributed by atoms with Gasteiger partial charge in [0.25, 0.3) is 0 Å². The highest BCUT2D eigenvalue weighted by Crippen LogP contribution is 2.34. The van der Waals surface area contributed by atoms with Crippen molar-refractivity contribution >= 4 is 22.9 Å². The fourth-order valence-electron chi connectivity index (χ4n) is 2.02. The van der Waals surface area contributed by atoms with Gasteiger partial charge in [-0.15, -0.1) is 16.4 Å². The fraction of sp³-hybridized carbons (Fsp3) is 0.143. The molecule has 0 saturated carbocycles. The van der Waals surface area contributed by atoms with E-state index in [0.717, 1.165) is 26.8 Å². The molecule has 0 fully saturated rings. The second-order valence-corrected chi connectivity index (χ2v) is 5.77. The molecule has 0 spiro atoms. The van der Waals surface area contributed by atoms with Gasteiger partial charge in [-0.3, -0.25) is 0 Å². The summed E-state index contributed by atoms with van der Waals surface area (Å²) in [6, 6.07) is 9.46. The predicted molar refractivity (Wildman–Crippen MR) is 81.5 cm³/mol. The molecule has 2 heterocycles. The van der Waals surface area contributed by atoms with Crippen molar-refractivity contribution in [3.63, 3.8) is 0 Å². The Balaban J connectivity index is 2.04. The van der Waals surface area contributed by atoms with Gasteiger partial charge in [-0.1, -0.05) is 35.0 Å². The standard InChI is InChI=1S/C14H13ClN4S/c1-9-8-20-14(12(9)15)13(16)11-7-17-18-19(11)10-5-3-2-4-6-10/h2-8,13H,16H2,1H3. The Morgan fingerprint density at radius 2 is 2.05 bits per heavy atom. The molecule has 0 bridgehead atoms. The van der Waals surface area contributed by atoms with Crippen LogP contribution >= 0.6 is 22.9 Å². The van der Waals surface area contributed by atoms with Crippen LogP contribution < -0.4 is 5.73 Å². The third kappa shape index (κ3) is 2.24. The van der Waals surface area contributed by atoms with E-state index in [4.69, 9.17) is 17.3 Å². The zero-order valence-corrected chi connectivity index (χ0v) is 12.4. The summed E-state index contributed by atoms with van der Waals surface area (Å²) >= 11 is 7.86. The van der Waals surface area contributed by atoms with Gasteiger partial charge in [0.2, 0.25) is 0 Å². The van der Waals surface area contributed by atoms with Gasteiger partial charge >= 0.3 is 0 Å². The van der Waals surface area contributed by atoms with Crippen molar-refractivity contribution in [3.05, 3.63) is 63.1 Å². The SMILES string of the molecule is Cc1csc(C(N)c2cnnn2-c2ccccc2)c1Cl. The molecule has 0 aliphatic rings. The zero-order valence-electron chi connectivity index (χ0n) is 10.8. The topological polar surface area (TPSA) is 56.7 Å². The normalized spacial score (nSPS) is 12.6. The van der Waals surface area contributed by atoms with Crippen molar-refractivity contribution in [2.24, 2.45) is 5.73 Å². The number of hydrogen-bond donors (Lipinski definition) is 1. The van der Waals surface area contributed by atoms with E-state index >= 15 is 0 Å². The Bertz CT molecular complexity index is 720. The number of aryl methyl sites for hydroxylation is 1. The highest BCUT2D eigenvalue weighted by Gasteiger charge is 2.20. The van der Waals surface area contributed by atoms with E-state index in [2.05, 4.69) is 10.3 Å². The third-order valence-electron chi connectivity index (χ3n) is 3.10. The number of nitrogens with zero attached hydrogens (tertiary/aromatic N) is 3. The Morgan fingerprint density at radius 3 is 2.70 bits per heavy atom. The van der Waals surface area contributed by atoms with Gasteiger partial charge in [0.15, 0.2) is 0 Å². The molecule has 0 aliphatic carbocycles. The molecule has 20 heavy (non-hydrogen) atoms. The second-order valence-electron chi connectivity index (χ2n) is 4.48. The monoisotopic (exact) mass is 304 g/mol. The van der Waals surface area contributed by atoms with Crippen LogP contribution in [-0.2, 0) is 0 Å². The molecule has 6 heteroatoms. The molecule has 0 aliphatic heterocycles. The number of aromatic nitrogens is 3. The largest absolute Gasteiger partial charge is 0.318 e. The average Bonchev–Trinajstić information content (AvgIpc) is 3.08. The highest BCUT2D eigenvalue weighted by molar-refractivity contribution is 7.10. The fourth-order valence-corrected chi connectivity index (χ4v) is 3.34. The number of benzene rings is 1. The van der Waals surface area contributed by atoms with Crippen LogP contribution in [0.4, 0.5) is 0 Å². The van der Waals surface area contributed by atoms with E-state index in [1.807, 2.05) is 42.6 Å². The van der Waals surface area contributed by atoms with Gasteiger partial charge in [-0.25, -0.2) is 4.68 Å². The molecule has 1 unspecified atom stereocenters. The lowest BCUT2D eigenvalue weighted by Gasteiger charge is -2.12. The molecule has 3 aromatic rings. The van der Waals surface area contributed by atoms with E-state index in [1.165, 1.54) is 0 Å². The van der Waals surface area contributed by atoms with Gasteiger partial charge in [0.05, 0.1) is 28.6 Å². The highest BCUT2D eigenvalue weighted by atomic mass is 35.5. The Hall–Kier alpha value is -1.69. The van der Waals surface area contributed by atoms with Crippen LogP contribution in [0.3, 0.4) is 0 Å². The average molecular weight is 305 g/mol. The van der Waals surface area contributed by atoms with Gasteiger partial charge < -0.3 is 5.73 Å². The first kappa shape index (κ1) is 13.3. The molecule has 1 aromatic carbocycles. The van der Waals surface area contributed by atoms with Crippen molar-refractivity contribution in [2.75, 3.05) is 0 Å². The number of para-hydroxylation sites is 1. The molecule has 0 amide bonds. The quantitative estimate of drug-likeness (QED) is 0.807. The minimum atomic E-state index is -0.337. The summed E-state index contributed by atoms with van der Waals surface area (Å²) in [7, 11) is 0. The summed E-state index contributed by atoms with van der Waals surface area (Å²) in [4.78, 5) is 0.934. The zero-order chi connectivity index (χ0) is 14.1. The molecule has 1 atom stereocenters. The summed E-state index contributed by atoms with van der Waals surface area (Å²) in [6.45, 7) is 1.97. The summed E-state index contributed by atoms with van der Waals surface area (Å²) in [5.41, 5.74) is 9.13. The Labute approximate surface area is 125 Å². The summed E-state index contributed by atoms with van der Waals surface area (Å²) in [6.07, 6.45) is 1.68. The van der Waals surface area contributed by atoms with Crippen molar-refractivity contribution in [1.82, 2.24) is 15.0 Å². The van der Waals surface area contributed by atoms with E-state index in [9.17, 15) is 0 Å². The Morgan fingerprint density at radius 1 is 1.30 bits per heavy atom. The van der Waals surface area contributed by atoms with Gasteiger partial charge in [0.1, 0.15) is 0 Å². The van der Waals surface area contributed by atoms with Crippen LogP contribution in [-0.4, -0.2) is 15.0 Å². The van der Waals surface area contributed by atoms with Crippen LogP contribution in [0.5, 0.6) is 0 Å². The molecule has 0 radical (unpaired) electrons. The van der Waals surface area contributed by atoms with Crippen LogP contribution in [0, 0.1) is 6.92 Å². The van der Waals surface area contributed by atoms with E-state index in [0.29, 0.717) is 0 Å². The first-order valence-electron chi connectivity index (χ1n) is 6.13. The molecule has 0 saturated heterocycles. The molecule has 2 aromatic heterocycles. The van der Waals surface area contributed by atoms with Crippen molar-refractivity contribution in [2.45, 2.75) is 13.0 Å². The molecule has 3 rings (SSSR count). The lowest BCUT2D eigenvalue weighted by molar-refractivity contribution is 0.725. The smallest absolute Gasteiger partial charge is 0.0867 e. The van der Waals surface area contributed by atoms with E-state index < -0.39 is 0 Å². The van der Waals surface area contributed by atoms with Crippen LogP contribution in [0.25, 0.3) is 5.69 Å². The van der Waals surface area contributed by atoms with Crippen molar-refractivity contribution < 1.29 is 0 Å². The number of thiophene rings is 1. The minimum absolute atomic E-state index is 0.337. The number of rotatable bonds is 3. The summed E-state index contributed by atoms with van der Waals surface area (Å²) in [5.74, 6) is 0. The summed E-state index contributed by atoms with van der Waals surface area (Å²) in [5, 5.41) is 10.8. The van der Waals surface area contributed by atoms with Gasteiger partial charge in [-0.2, -0.15) is 0 Å². The van der Waals surface area contributed by atoms with Crippen LogP contribution in [0.15, 0.2) is 41.9 Å². The molecular formula is C14H13ClN4S. The first-order valence-corrected chi connectivity index (χ1v) is 7.39. The van der Waals surface area contributed by atoms with Gasteiger partial charge in [-0.05, 0) is 30.0 Å². The Kier molecular flexibility index (Phi) is 3.56. The number of halogens is 1. The maximum absolute atomic E-state index is 6.34. The lowest BCUT2D eigenvalue weighted by atomic mass is 10.1. The lowest BCUT2D eigenvalue weighted by Crippen LogP contribution is -2.16. The van der Waals surface area contributed by atoms with Crippen molar-refractivity contribution in [3.8, 4) is 5.69 Å². The van der Waals surface area contributed by atoms with Gasteiger partial charge in [0, 0.05) is 4.88 Å². The molecule has 4 nitrogen and oxygen atoms in total. The first-order chi connectivity index (χ1) is 9.68. The maximum atomic E-state index is 6.34. The molecule has 2 N–H and O–H groups in total. The predicted octanol–water partition coefficient (Wildman–Crippen LogP) is 3.34. The summed E-state index contributed by atoms with van der Waals surface area (Å²) < 4.78 is 1.75. The van der Waals surface area contributed by atoms with E-state index in [1.54, 1.807) is 22.2 Å². The number of nitrogens with two attached hydrogens (primary N) is 1. The van der Waals surface area contributed by atoms with E-state index in [-0.39, 0.29) is 6.04 Å². The molecule has 102 valence electrons. The number of hydrogen-bond acceptors (Lipinski definition) is 4. The van der Waals surface area contributed by atoms with Crippen LogP contribution in [0.1, 0.15) is 22.2 Å². The van der Waals surface area contributed by atoms with Crippen molar-refractivity contribution in [1.29, 1.82) is 0 Å².